The van der Waals surface area contributed by atoms with Crippen LogP contribution in [0, 0.1) is 0 Å². The number of ketones is 1. The van der Waals surface area contributed by atoms with Crippen LogP contribution in [0.2, 0.25) is 0 Å². The molecule has 5 heteroatoms. The summed E-state index contributed by atoms with van der Waals surface area (Å²) < 4.78 is 5.55. The van der Waals surface area contributed by atoms with E-state index >= 15 is 0 Å². The zero-order valence-electron chi connectivity index (χ0n) is 11.9. The number of rotatable bonds is 5. The molecule has 0 aromatic heterocycles. The zero-order chi connectivity index (χ0) is 15.9. The number of benzene rings is 2. The molecule has 0 saturated carbocycles. The van der Waals surface area contributed by atoms with Crippen LogP contribution in [0.5, 0.6) is 0 Å². The number of esters is 1. The Morgan fingerprint density at radius 2 is 1.91 bits per heavy atom. The van der Waals surface area contributed by atoms with E-state index in [1.807, 2.05) is 6.07 Å². The van der Waals surface area contributed by atoms with Gasteiger partial charge in [0, 0.05) is 22.3 Å². The summed E-state index contributed by atoms with van der Waals surface area (Å²) in [5.41, 5.74) is 1.56. The maximum absolute atomic E-state index is 12.0. The van der Waals surface area contributed by atoms with Crippen LogP contribution in [-0.4, -0.2) is 18.9 Å². The Balaban J connectivity index is 2.10. The molecule has 0 heterocycles. The molecule has 0 saturated heterocycles. The van der Waals surface area contributed by atoms with Gasteiger partial charge in [0.2, 0.25) is 0 Å². The van der Waals surface area contributed by atoms with Crippen molar-refractivity contribution in [3.8, 4) is 0 Å². The van der Waals surface area contributed by atoms with Crippen LogP contribution in [0.15, 0.2) is 65.3 Å². The molecule has 0 bridgehead atoms. The molecule has 112 valence electrons. The molecule has 2 aromatic carbocycles. The maximum atomic E-state index is 12.0. The van der Waals surface area contributed by atoms with Gasteiger partial charge in [0.25, 0.3) is 0 Å². The molecule has 0 fully saturated rings. The minimum Gasteiger partial charge on any atom is -0.465 e. The first-order valence-corrected chi connectivity index (χ1v) is 7.31. The topological polar surface area (TPSA) is 55.4 Å². The Kier molecular flexibility index (Phi) is 5.49. The van der Waals surface area contributed by atoms with Gasteiger partial charge >= 0.3 is 5.97 Å². The van der Waals surface area contributed by atoms with E-state index in [0.29, 0.717) is 16.8 Å². The Labute approximate surface area is 136 Å². The number of para-hydroxylation sites is 1. The number of carbonyl (C=O) groups excluding carboxylic acids is 2. The van der Waals surface area contributed by atoms with Gasteiger partial charge in [-0.2, -0.15) is 0 Å². The van der Waals surface area contributed by atoms with Gasteiger partial charge in [0.15, 0.2) is 5.78 Å². The summed E-state index contributed by atoms with van der Waals surface area (Å²) >= 11 is 3.33. The highest BCUT2D eigenvalue weighted by Crippen LogP contribution is 2.16. The largest absolute Gasteiger partial charge is 0.465 e. The fourth-order valence-corrected chi connectivity index (χ4v) is 2.24. The van der Waals surface area contributed by atoms with E-state index in [0.717, 1.165) is 4.47 Å². The van der Waals surface area contributed by atoms with E-state index in [9.17, 15) is 9.59 Å². The molecule has 0 spiro atoms. The van der Waals surface area contributed by atoms with E-state index in [4.69, 9.17) is 4.74 Å². The summed E-state index contributed by atoms with van der Waals surface area (Å²) in [4.78, 5) is 23.7. The molecule has 0 unspecified atom stereocenters. The van der Waals surface area contributed by atoms with E-state index in [2.05, 4.69) is 21.2 Å². The normalized spacial score (nSPS) is 10.5. The van der Waals surface area contributed by atoms with Gasteiger partial charge in [-0.25, -0.2) is 4.79 Å². The average Bonchev–Trinajstić information content (AvgIpc) is 2.54. The van der Waals surface area contributed by atoms with Crippen molar-refractivity contribution in [1.82, 2.24) is 0 Å². The predicted molar refractivity (Wildman–Crippen MR) is 89.0 cm³/mol. The Hall–Kier alpha value is -2.40. The van der Waals surface area contributed by atoms with Crippen molar-refractivity contribution in [2.75, 3.05) is 12.4 Å². The second-order valence-corrected chi connectivity index (χ2v) is 5.31. The molecule has 0 aliphatic carbocycles. The van der Waals surface area contributed by atoms with E-state index in [-0.39, 0.29) is 5.78 Å². The Bertz CT molecular complexity index is 725. The van der Waals surface area contributed by atoms with Crippen molar-refractivity contribution in [2.45, 2.75) is 0 Å². The molecule has 0 atom stereocenters. The van der Waals surface area contributed by atoms with Crippen molar-refractivity contribution in [3.05, 3.63) is 76.4 Å². The average molecular weight is 360 g/mol. The van der Waals surface area contributed by atoms with Crippen molar-refractivity contribution in [3.63, 3.8) is 0 Å². The summed E-state index contributed by atoms with van der Waals surface area (Å²) in [5, 5.41) is 2.93. The van der Waals surface area contributed by atoms with Gasteiger partial charge in [0.05, 0.1) is 18.4 Å². The third-order valence-electron chi connectivity index (χ3n) is 2.92. The number of hydrogen-bond acceptors (Lipinski definition) is 4. The lowest BCUT2D eigenvalue weighted by Crippen LogP contribution is -2.05. The summed E-state index contributed by atoms with van der Waals surface area (Å²) in [6, 6.07) is 14.1. The van der Waals surface area contributed by atoms with Crippen molar-refractivity contribution < 1.29 is 14.3 Å². The lowest BCUT2D eigenvalue weighted by Gasteiger charge is -2.06. The number of allylic oxidation sites excluding steroid dienone is 1. The smallest absolute Gasteiger partial charge is 0.339 e. The second-order valence-electron chi connectivity index (χ2n) is 4.39. The van der Waals surface area contributed by atoms with E-state index in [1.165, 1.54) is 19.4 Å². The van der Waals surface area contributed by atoms with Crippen LogP contribution in [-0.2, 0) is 4.74 Å². The van der Waals surface area contributed by atoms with Crippen molar-refractivity contribution >= 4 is 33.4 Å². The molecule has 4 nitrogen and oxygen atoms in total. The van der Waals surface area contributed by atoms with Crippen LogP contribution in [0.4, 0.5) is 5.69 Å². The minimum atomic E-state index is -0.435. The molecule has 0 amide bonds. The maximum Gasteiger partial charge on any atom is 0.339 e. The molecule has 1 N–H and O–H groups in total. The molecule has 0 aliphatic rings. The Morgan fingerprint density at radius 1 is 1.14 bits per heavy atom. The van der Waals surface area contributed by atoms with Gasteiger partial charge in [-0.1, -0.05) is 40.2 Å². The van der Waals surface area contributed by atoms with Crippen LogP contribution >= 0.6 is 15.9 Å². The highest BCUT2D eigenvalue weighted by atomic mass is 79.9. The summed E-state index contributed by atoms with van der Waals surface area (Å²) in [6.07, 6.45) is 2.92. The molecular formula is C17H14BrNO3. The number of hydrogen-bond donors (Lipinski definition) is 1. The number of methoxy groups -OCH3 is 1. The van der Waals surface area contributed by atoms with E-state index < -0.39 is 5.97 Å². The SMILES string of the molecule is COC(=O)c1ccccc1N/C=C\C(=O)c1cccc(Br)c1. The molecular weight excluding hydrogens is 346 g/mol. The molecule has 0 radical (unpaired) electrons. The molecule has 2 rings (SSSR count). The number of halogens is 1. The monoisotopic (exact) mass is 359 g/mol. The number of carbonyl (C=O) groups is 2. The van der Waals surface area contributed by atoms with Crippen LogP contribution < -0.4 is 5.32 Å². The minimum absolute atomic E-state index is 0.135. The van der Waals surface area contributed by atoms with E-state index in [1.54, 1.807) is 42.5 Å². The second kappa shape index (κ2) is 7.56. The van der Waals surface area contributed by atoms with Gasteiger partial charge in [-0.05, 0) is 24.3 Å². The summed E-state index contributed by atoms with van der Waals surface area (Å²) in [5.74, 6) is -0.570. The third-order valence-corrected chi connectivity index (χ3v) is 3.41. The van der Waals surface area contributed by atoms with Crippen molar-refractivity contribution in [2.24, 2.45) is 0 Å². The first-order chi connectivity index (χ1) is 10.6. The van der Waals surface area contributed by atoms with Crippen LogP contribution in [0.1, 0.15) is 20.7 Å². The Morgan fingerprint density at radius 3 is 2.64 bits per heavy atom. The predicted octanol–water partition coefficient (Wildman–Crippen LogP) is 4.04. The first-order valence-electron chi connectivity index (χ1n) is 6.52. The van der Waals surface area contributed by atoms with Gasteiger partial charge in [-0.3, -0.25) is 4.79 Å². The fourth-order valence-electron chi connectivity index (χ4n) is 1.84. The van der Waals surface area contributed by atoms with Crippen LogP contribution in [0.25, 0.3) is 0 Å². The first kappa shape index (κ1) is 16.0. The van der Waals surface area contributed by atoms with Crippen LogP contribution in [0.3, 0.4) is 0 Å². The number of ether oxygens (including phenoxy) is 1. The molecule has 2 aromatic rings. The third kappa shape index (κ3) is 4.05. The lowest BCUT2D eigenvalue weighted by atomic mass is 10.1. The lowest BCUT2D eigenvalue weighted by molar-refractivity contribution is 0.0602. The number of nitrogens with one attached hydrogen (secondary N) is 1. The molecule has 0 aliphatic heterocycles. The zero-order valence-corrected chi connectivity index (χ0v) is 13.5. The van der Waals surface area contributed by atoms with Gasteiger partial charge < -0.3 is 10.1 Å². The quantitative estimate of drug-likeness (QED) is 0.497. The highest BCUT2D eigenvalue weighted by molar-refractivity contribution is 9.10. The highest BCUT2D eigenvalue weighted by Gasteiger charge is 2.09. The summed E-state index contributed by atoms with van der Waals surface area (Å²) in [6.45, 7) is 0. The number of anilines is 1. The summed E-state index contributed by atoms with van der Waals surface area (Å²) in [7, 11) is 1.33. The standard InChI is InChI=1S/C17H14BrNO3/c1-22-17(21)14-7-2-3-8-15(14)19-10-9-16(20)12-5-4-6-13(18)11-12/h2-11,19H,1H3/b10-9-. The molecule has 22 heavy (non-hydrogen) atoms. The van der Waals surface area contributed by atoms with Gasteiger partial charge in [-0.15, -0.1) is 0 Å². The van der Waals surface area contributed by atoms with Gasteiger partial charge in [0.1, 0.15) is 0 Å². The fraction of sp³-hybridized carbons (Fsp3) is 0.0588. The van der Waals surface area contributed by atoms with Crippen molar-refractivity contribution in [1.29, 1.82) is 0 Å².